The molecule has 9 nitrogen and oxygen atoms in total. The summed E-state index contributed by atoms with van der Waals surface area (Å²) in [6.07, 6.45) is 14.4. The zero-order valence-electron chi connectivity index (χ0n) is 24.9. The van der Waals surface area contributed by atoms with Crippen molar-refractivity contribution >= 4 is 23.8 Å². The van der Waals surface area contributed by atoms with E-state index < -0.39 is 29.7 Å². The number of rotatable bonds is 21. The first-order valence-electron chi connectivity index (χ1n) is 14.4. The summed E-state index contributed by atoms with van der Waals surface area (Å²) in [5.41, 5.74) is -1.02. The van der Waals surface area contributed by atoms with Gasteiger partial charge in [-0.05, 0) is 54.4 Å². The van der Waals surface area contributed by atoms with Gasteiger partial charge in [0.05, 0.1) is 13.1 Å². The van der Waals surface area contributed by atoms with Gasteiger partial charge >= 0.3 is 17.9 Å². The van der Waals surface area contributed by atoms with Crippen molar-refractivity contribution < 1.29 is 33.4 Å². The van der Waals surface area contributed by atoms with E-state index in [0.29, 0.717) is 13.0 Å². The highest BCUT2D eigenvalue weighted by atomic mass is 16.6. The lowest BCUT2D eigenvalue weighted by Crippen LogP contribution is -2.37. The van der Waals surface area contributed by atoms with Crippen LogP contribution in [0.15, 0.2) is 0 Å². The number of esters is 3. The van der Waals surface area contributed by atoms with Crippen LogP contribution in [-0.2, 0) is 33.4 Å². The van der Waals surface area contributed by atoms with E-state index in [0.717, 1.165) is 25.7 Å². The Morgan fingerprint density at radius 2 is 1.00 bits per heavy atom. The Labute approximate surface area is 230 Å². The van der Waals surface area contributed by atoms with Crippen LogP contribution in [0.5, 0.6) is 0 Å². The smallest absolute Gasteiger partial charge is 0.344 e. The van der Waals surface area contributed by atoms with Crippen LogP contribution < -0.4 is 10.6 Å². The fourth-order valence-corrected chi connectivity index (χ4v) is 3.68. The van der Waals surface area contributed by atoms with Crippen molar-refractivity contribution in [1.29, 1.82) is 0 Å². The molecule has 38 heavy (non-hydrogen) atoms. The maximum atomic E-state index is 11.8. The van der Waals surface area contributed by atoms with Gasteiger partial charge in [0.2, 0.25) is 5.91 Å². The highest BCUT2D eigenvalue weighted by Gasteiger charge is 2.18. The molecule has 0 aliphatic heterocycles. The first kappa shape index (κ1) is 35.8. The number of hydrogen-bond donors (Lipinski definition) is 2. The SMILES string of the molecule is CC(C)(C)OC(=O)CCCCCCCCCCCCCCNC(=O)CNCC(=O)OCC(=O)OC(C)(C)C. The van der Waals surface area contributed by atoms with Crippen LogP contribution in [0.4, 0.5) is 0 Å². The number of carbonyl (C=O) groups is 4. The molecule has 0 bridgehead atoms. The largest absolute Gasteiger partial charge is 0.460 e. The van der Waals surface area contributed by atoms with E-state index in [-0.39, 0.29) is 25.0 Å². The van der Waals surface area contributed by atoms with E-state index in [9.17, 15) is 19.2 Å². The summed E-state index contributed by atoms with van der Waals surface area (Å²) in [6, 6.07) is 0. The van der Waals surface area contributed by atoms with Crippen molar-refractivity contribution in [3.63, 3.8) is 0 Å². The predicted octanol–water partition coefficient (Wildman–Crippen LogP) is 4.99. The number of nitrogens with one attached hydrogen (secondary N) is 2. The lowest BCUT2D eigenvalue weighted by atomic mass is 10.0. The van der Waals surface area contributed by atoms with Gasteiger partial charge in [-0.3, -0.25) is 19.7 Å². The first-order chi connectivity index (χ1) is 17.8. The van der Waals surface area contributed by atoms with Crippen LogP contribution in [0, 0.1) is 0 Å². The topological polar surface area (TPSA) is 120 Å². The van der Waals surface area contributed by atoms with Crippen LogP contribution in [-0.4, -0.2) is 61.3 Å². The molecule has 9 heteroatoms. The molecule has 0 spiro atoms. The van der Waals surface area contributed by atoms with Gasteiger partial charge in [0.1, 0.15) is 11.2 Å². The number of unbranched alkanes of at least 4 members (excludes halogenated alkanes) is 11. The van der Waals surface area contributed by atoms with Crippen molar-refractivity contribution in [2.75, 3.05) is 26.2 Å². The molecule has 0 aromatic heterocycles. The first-order valence-corrected chi connectivity index (χ1v) is 14.4. The summed E-state index contributed by atoms with van der Waals surface area (Å²) in [4.78, 5) is 46.6. The lowest BCUT2D eigenvalue weighted by molar-refractivity contribution is -0.166. The van der Waals surface area contributed by atoms with E-state index in [4.69, 9.17) is 14.2 Å². The molecule has 0 aromatic rings. The van der Waals surface area contributed by atoms with Gasteiger partial charge < -0.3 is 19.5 Å². The fraction of sp³-hybridized carbons (Fsp3) is 0.862. The molecule has 0 saturated carbocycles. The van der Waals surface area contributed by atoms with E-state index in [1.807, 2.05) is 20.8 Å². The van der Waals surface area contributed by atoms with Gasteiger partial charge in [-0.15, -0.1) is 0 Å². The number of hydrogen-bond acceptors (Lipinski definition) is 8. The minimum atomic E-state index is -0.631. The van der Waals surface area contributed by atoms with Crippen molar-refractivity contribution in [3.05, 3.63) is 0 Å². The summed E-state index contributed by atoms with van der Waals surface area (Å²) in [7, 11) is 0. The number of carbonyl (C=O) groups excluding carboxylic acids is 4. The third-order valence-electron chi connectivity index (χ3n) is 5.38. The Hall–Kier alpha value is -2.16. The summed E-state index contributed by atoms with van der Waals surface area (Å²) in [6.45, 7) is 10.9. The Morgan fingerprint density at radius 3 is 1.50 bits per heavy atom. The molecule has 0 heterocycles. The van der Waals surface area contributed by atoms with Crippen molar-refractivity contribution in [2.45, 2.75) is 136 Å². The summed E-state index contributed by atoms with van der Waals surface area (Å²) < 4.78 is 15.2. The molecule has 222 valence electrons. The molecule has 0 radical (unpaired) electrons. The van der Waals surface area contributed by atoms with Gasteiger partial charge in [-0.1, -0.05) is 64.2 Å². The lowest BCUT2D eigenvalue weighted by Gasteiger charge is -2.19. The summed E-state index contributed by atoms with van der Waals surface area (Å²) >= 11 is 0. The molecule has 0 saturated heterocycles. The normalized spacial score (nSPS) is 11.6. The molecule has 0 rings (SSSR count). The predicted molar refractivity (Wildman–Crippen MR) is 149 cm³/mol. The Bertz CT molecular complexity index is 681. The van der Waals surface area contributed by atoms with Gasteiger partial charge in [0.15, 0.2) is 6.61 Å². The highest BCUT2D eigenvalue weighted by Crippen LogP contribution is 2.14. The third kappa shape index (κ3) is 26.9. The Balaban J connectivity index is 3.42. The average molecular weight is 543 g/mol. The Kier molecular flexibility index (Phi) is 19.6. The van der Waals surface area contributed by atoms with Gasteiger partial charge in [0, 0.05) is 13.0 Å². The summed E-state index contributed by atoms with van der Waals surface area (Å²) in [5.74, 6) is -1.48. The minimum absolute atomic E-state index is 0.0191. The molecular formula is C29H54N2O7. The quantitative estimate of drug-likeness (QED) is 0.118. The second-order valence-electron chi connectivity index (χ2n) is 11.8. The second-order valence-corrected chi connectivity index (χ2v) is 11.8. The maximum absolute atomic E-state index is 11.8. The van der Waals surface area contributed by atoms with E-state index >= 15 is 0 Å². The molecule has 2 N–H and O–H groups in total. The number of ether oxygens (including phenoxy) is 3. The highest BCUT2D eigenvalue weighted by molar-refractivity contribution is 5.80. The van der Waals surface area contributed by atoms with Crippen molar-refractivity contribution in [2.24, 2.45) is 0 Å². The molecule has 0 fully saturated rings. The molecule has 0 atom stereocenters. The fourth-order valence-electron chi connectivity index (χ4n) is 3.68. The minimum Gasteiger partial charge on any atom is -0.460 e. The van der Waals surface area contributed by atoms with Crippen LogP contribution >= 0.6 is 0 Å². The number of amides is 1. The van der Waals surface area contributed by atoms with Crippen molar-refractivity contribution in [1.82, 2.24) is 10.6 Å². The zero-order valence-corrected chi connectivity index (χ0v) is 24.9. The monoisotopic (exact) mass is 542 g/mol. The van der Waals surface area contributed by atoms with Gasteiger partial charge in [-0.2, -0.15) is 0 Å². The third-order valence-corrected chi connectivity index (χ3v) is 5.38. The van der Waals surface area contributed by atoms with Crippen molar-refractivity contribution in [3.8, 4) is 0 Å². The standard InChI is InChI=1S/C29H54N2O7/c1-28(2,3)37-25(33)19-17-15-13-11-9-7-8-10-12-14-16-18-20-31-24(32)21-30-22-26(34)36-23-27(35)38-29(4,5)6/h30H,7-23H2,1-6H3,(H,31,32). The van der Waals surface area contributed by atoms with Crippen LogP contribution in [0.3, 0.4) is 0 Å². The molecular weight excluding hydrogens is 488 g/mol. The summed E-state index contributed by atoms with van der Waals surface area (Å²) in [5, 5.41) is 5.55. The van der Waals surface area contributed by atoms with E-state index in [1.165, 1.54) is 51.4 Å². The van der Waals surface area contributed by atoms with Gasteiger partial charge in [-0.25, -0.2) is 4.79 Å². The molecule has 1 amide bonds. The maximum Gasteiger partial charge on any atom is 0.344 e. The average Bonchev–Trinajstić information content (AvgIpc) is 2.78. The second kappa shape index (κ2) is 20.8. The molecule has 0 unspecified atom stereocenters. The van der Waals surface area contributed by atoms with Crippen LogP contribution in [0.1, 0.15) is 125 Å². The van der Waals surface area contributed by atoms with Crippen LogP contribution in [0.25, 0.3) is 0 Å². The van der Waals surface area contributed by atoms with E-state index in [2.05, 4.69) is 10.6 Å². The molecule has 0 aliphatic rings. The zero-order chi connectivity index (χ0) is 28.9. The molecule has 0 aliphatic carbocycles. The Morgan fingerprint density at radius 1 is 0.553 bits per heavy atom. The molecule has 0 aromatic carbocycles. The van der Waals surface area contributed by atoms with Gasteiger partial charge in [0.25, 0.3) is 0 Å². The van der Waals surface area contributed by atoms with Crippen LogP contribution in [0.2, 0.25) is 0 Å². The van der Waals surface area contributed by atoms with E-state index in [1.54, 1.807) is 20.8 Å².